The van der Waals surface area contributed by atoms with Crippen molar-refractivity contribution < 1.29 is 19.1 Å². The van der Waals surface area contributed by atoms with Crippen LogP contribution in [0.3, 0.4) is 0 Å². The first kappa shape index (κ1) is 23.1. The summed E-state index contributed by atoms with van der Waals surface area (Å²) in [6.07, 6.45) is 3.29. The van der Waals surface area contributed by atoms with Gasteiger partial charge in [-0.15, -0.1) is 0 Å². The van der Waals surface area contributed by atoms with Crippen LogP contribution in [0.4, 0.5) is 0 Å². The van der Waals surface area contributed by atoms with Gasteiger partial charge in [0.1, 0.15) is 5.75 Å². The Bertz CT molecular complexity index is 867. The molecule has 1 N–H and O–H groups in total. The van der Waals surface area contributed by atoms with Crippen molar-refractivity contribution in [3.63, 3.8) is 0 Å². The third-order valence-corrected chi connectivity index (χ3v) is 4.53. The van der Waals surface area contributed by atoms with Crippen LogP contribution in [0.2, 0.25) is 0 Å². The standard InChI is InChI=1S/C23H26N2O4S/c1-3-29-22(27)15-16-25(17-19-7-5-4-6-8-19)23(30)24-21(26)14-11-18-9-12-20(28-2)13-10-18/h4-14H,3,15-17H2,1-2H3,(H,24,26,30). The summed E-state index contributed by atoms with van der Waals surface area (Å²) in [5.41, 5.74) is 1.88. The summed E-state index contributed by atoms with van der Waals surface area (Å²) in [4.78, 5) is 25.8. The summed E-state index contributed by atoms with van der Waals surface area (Å²) >= 11 is 5.42. The zero-order chi connectivity index (χ0) is 21.8. The number of carbonyl (C=O) groups is 2. The van der Waals surface area contributed by atoms with Crippen molar-refractivity contribution in [1.29, 1.82) is 0 Å². The number of thiocarbonyl (C=S) groups is 1. The lowest BCUT2D eigenvalue weighted by molar-refractivity contribution is -0.143. The van der Waals surface area contributed by atoms with Crippen LogP contribution in [-0.2, 0) is 20.9 Å². The van der Waals surface area contributed by atoms with E-state index in [2.05, 4.69) is 5.32 Å². The molecule has 6 nitrogen and oxygen atoms in total. The van der Waals surface area contributed by atoms with Crippen molar-refractivity contribution in [2.24, 2.45) is 0 Å². The Kier molecular flexibility index (Phi) is 9.54. The van der Waals surface area contributed by atoms with Gasteiger partial charge in [0.15, 0.2) is 5.11 Å². The fourth-order valence-corrected chi connectivity index (χ4v) is 2.89. The summed E-state index contributed by atoms with van der Waals surface area (Å²) in [7, 11) is 1.60. The number of carbonyl (C=O) groups excluding carboxylic acids is 2. The quantitative estimate of drug-likeness (QED) is 0.376. The maximum atomic E-state index is 12.3. The third kappa shape index (κ3) is 8.05. The Morgan fingerprint density at radius 3 is 2.43 bits per heavy atom. The van der Waals surface area contributed by atoms with Gasteiger partial charge in [-0.1, -0.05) is 42.5 Å². The van der Waals surface area contributed by atoms with Crippen LogP contribution in [0.25, 0.3) is 6.08 Å². The van der Waals surface area contributed by atoms with Crippen LogP contribution >= 0.6 is 12.2 Å². The highest BCUT2D eigenvalue weighted by molar-refractivity contribution is 7.80. The minimum Gasteiger partial charge on any atom is -0.497 e. The molecule has 0 aliphatic rings. The van der Waals surface area contributed by atoms with E-state index in [4.69, 9.17) is 21.7 Å². The van der Waals surface area contributed by atoms with Crippen LogP contribution in [0.15, 0.2) is 60.7 Å². The molecule has 0 radical (unpaired) electrons. The number of benzene rings is 2. The molecule has 0 fully saturated rings. The van der Waals surface area contributed by atoms with Crippen LogP contribution in [0, 0.1) is 0 Å². The van der Waals surface area contributed by atoms with Crippen LogP contribution in [-0.4, -0.2) is 42.2 Å². The highest BCUT2D eigenvalue weighted by Crippen LogP contribution is 2.12. The fraction of sp³-hybridized carbons (Fsp3) is 0.261. The van der Waals surface area contributed by atoms with Crippen LogP contribution in [0.1, 0.15) is 24.5 Å². The van der Waals surface area contributed by atoms with Crippen molar-refractivity contribution in [3.05, 3.63) is 71.8 Å². The van der Waals surface area contributed by atoms with E-state index < -0.39 is 0 Å². The lowest BCUT2D eigenvalue weighted by atomic mass is 10.2. The van der Waals surface area contributed by atoms with E-state index in [-0.39, 0.29) is 23.4 Å². The van der Waals surface area contributed by atoms with E-state index in [0.717, 1.165) is 16.9 Å². The van der Waals surface area contributed by atoms with Gasteiger partial charge < -0.3 is 14.4 Å². The average molecular weight is 427 g/mol. The number of nitrogens with one attached hydrogen (secondary N) is 1. The molecule has 0 aliphatic carbocycles. The molecule has 0 unspecified atom stereocenters. The first-order valence-corrected chi connectivity index (χ1v) is 10.0. The fourth-order valence-electron chi connectivity index (χ4n) is 2.63. The topological polar surface area (TPSA) is 67.9 Å². The van der Waals surface area contributed by atoms with E-state index in [1.165, 1.54) is 6.08 Å². The molecule has 0 atom stereocenters. The van der Waals surface area contributed by atoms with Gasteiger partial charge in [0.25, 0.3) is 0 Å². The number of amides is 1. The van der Waals surface area contributed by atoms with Gasteiger partial charge in [-0.25, -0.2) is 0 Å². The molecule has 2 aromatic rings. The summed E-state index contributed by atoms with van der Waals surface area (Å²) in [6.45, 7) is 2.91. The number of esters is 1. The molecule has 30 heavy (non-hydrogen) atoms. The van der Waals surface area contributed by atoms with Gasteiger partial charge in [0.05, 0.1) is 20.1 Å². The monoisotopic (exact) mass is 426 g/mol. The predicted octanol–water partition coefficient (Wildman–Crippen LogP) is 3.56. The van der Waals surface area contributed by atoms with Gasteiger partial charge in [-0.3, -0.25) is 14.9 Å². The SMILES string of the molecule is CCOC(=O)CCN(Cc1ccccc1)C(=S)NC(=O)C=Cc1ccc(OC)cc1. The zero-order valence-electron chi connectivity index (χ0n) is 17.2. The lowest BCUT2D eigenvalue weighted by Gasteiger charge is -2.25. The summed E-state index contributed by atoms with van der Waals surface area (Å²) < 4.78 is 10.1. The van der Waals surface area contributed by atoms with Gasteiger partial charge >= 0.3 is 5.97 Å². The summed E-state index contributed by atoms with van der Waals surface area (Å²) in [6, 6.07) is 17.0. The second kappa shape index (κ2) is 12.4. The maximum absolute atomic E-state index is 12.3. The summed E-state index contributed by atoms with van der Waals surface area (Å²) in [5, 5.41) is 2.96. The van der Waals surface area contributed by atoms with Crippen LogP contribution < -0.4 is 10.1 Å². The van der Waals surface area contributed by atoms with Gasteiger partial charge in [0, 0.05) is 19.2 Å². The minimum absolute atomic E-state index is 0.179. The molecular formula is C23H26N2O4S. The maximum Gasteiger partial charge on any atom is 0.307 e. The van der Waals surface area contributed by atoms with Crippen molar-refractivity contribution in [1.82, 2.24) is 10.2 Å². The Morgan fingerprint density at radius 2 is 1.80 bits per heavy atom. The summed E-state index contributed by atoms with van der Waals surface area (Å²) in [5.74, 6) is 0.102. The molecule has 0 heterocycles. The largest absolute Gasteiger partial charge is 0.497 e. The smallest absolute Gasteiger partial charge is 0.307 e. The van der Waals surface area contributed by atoms with Crippen molar-refractivity contribution >= 4 is 35.3 Å². The zero-order valence-corrected chi connectivity index (χ0v) is 18.0. The molecule has 2 aromatic carbocycles. The highest BCUT2D eigenvalue weighted by atomic mass is 32.1. The number of nitrogens with zero attached hydrogens (tertiary/aromatic N) is 1. The Morgan fingerprint density at radius 1 is 1.10 bits per heavy atom. The third-order valence-electron chi connectivity index (χ3n) is 4.17. The molecule has 7 heteroatoms. The average Bonchev–Trinajstić information content (AvgIpc) is 2.76. The normalized spacial score (nSPS) is 10.5. The second-order valence-corrected chi connectivity index (χ2v) is 6.75. The van der Waals surface area contributed by atoms with E-state index in [1.807, 2.05) is 54.6 Å². The number of rotatable bonds is 9. The van der Waals surface area contributed by atoms with E-state index in [0.29, 0.717) is 19.7 Å². The van der Waals surface area contributed by atoms with Crippen molar-refractivity contribution in [3.8, 4) is 5.75 Å². The van der Waals surface area contributed by atoms with Gasteiger partial charge in [-0.2, -0.15) is 0 Å². The highest BCUT2D eigenvalue weighted by Gasteiger charge is 2.14. The lowest BCUT2D eigenvalue weighted by Crippen LogP contribution is -2.42. The minimum atomic E-state index is -0.343. The molecule has 0 aliphatic heterocycles. The first-order valence-electron chi connectivity index (χ1n) is 9.63. The van der Waals surface area contributed by atoms with Gasteiger partial charge in [-0.05, 0) is 48.5 Å². The van der Waals surface area contributed by atoms with E-state index in [1.54, 1.807) is 25.0 Å². The second-order valence-electron chi connectivity index (χ2n) is 6.36. The van der Waals surface area contributed by atoms with E-state index >= 15 is 0 Å². The predicted molar refractivity (Wildman–Crippen MR) is 121 cm³/mol. The molecule has 0 aromatic heterocycles. The molecular weight excluding hydrogens is 400 g/mol. The number of methoxy groups -OCH3 is 1. The Balaban J connectivity index is 1.99. The first-order chi connectivity index (χ1) is 14.5. The molecule has 1 amide bonds. The molecule has 0 saturated carbocycles. The molecule has 2 rings (SSSR count). The Labute approximate surface area is 182 Å². The van der Waals surface area contributed by atoms with Crippen LogP contribution in [0.5, 0.6) is 5.75 Å². The van der Waals surface area contributed by atoms with Gasteiger partial charge in [0.2, 0.25) is 5.91 Å². The Hall–Kier alpha value is -3.19. The molecule has 0 spiro atoms. The molecule has 0 saturated heterocycles. The van der Waals surface area contributed by atoms with Crippen molar-refractivity contribution in [2.75, 3.05) is 20.3 Å². The van der Waals surface area contributed by atoms with E-state index in [9.17, 15) is 9.59 Å². The molecule has 158 valence electrons. The number of ether oxygens (including phenoxy) is 2. The molecule has 0 bridgehead atoms. The van der Waals surface area contributed by atoms with Crippen molar-refractivity contribution in [2.45, 2.75) is 19.9 Å². The number of hydrogen-bond donors (Lipinski definition) is 1. The number of hydrogen-bond acceptors (Lipinski definition) is 5.